The second-order valence-electron chi connectivity index (χ2n) is 8.17. The predicted octanol–water partition coefficient (Wildman–Crippen LogP) is 4.99. The molecule has 0 bridgehead atoms. The molecule has 2 rings (SSSR count). The number of benzene rings is 1. The number of rotatable bonds is 4. The van der Waals surface area contributed by atoms with Gasteiger partial charge >= 0.3 is 0 Å². The summed E-state index contributed by atoms with van der Waals surface area (Å²) >= 11 is 0. The Morgan fingerprint density at radius 1 is 1.13 bits per heavy atom. The van der Waals surface area contributed by atoms with Gasteiger partial charge in [0, 0.05) is 24.1 Å². The van der Waals surface area contributed by atoms with Gasteiger partial charge < -0.3 is 9.84 Å². The number of nitrogens with zero attached hydrogens (tertiary/aromatic N) is 1. The minimum atomic E-state index is -0.213. The molecule has 2 aromatic rings. The third-order valence-electron chi connectivity index (χ3n) is 3.83. The van der Waals surface area contributed by atoms with E-state index in [0.29, 0.717) is 6.54 Å². The van der Waals surface area contributed by atoms with Crippen LogP contribution in [-0.4, -0.2) is 5.16 Å². The molecule has 126 valence electrons. The van der Waals surface area contributed by atoms with Crippen molar-refractivity contribution in [3.63, 3.8) is 0 Å². The first kappa shape index (κ1) is 17.7. The van der Waals surface area contributed by atoms with Crippen molar-refractivity contribution in [3.8, 4) is 0 Å². The van der Waals surface area contributed by atoms with Crippen LogP contribution < -0.4 is 5.32 Å². The molecule has 1 atom stereocenters. The van der Waals surface area contributed by atoms with Crippen LogP contribution in [0.1, 0.15) is 64.6 Å². The summed E-state index contributed by atoms with van der Waals surface area (Å²) in [5, 5.41) is 7.63. The molecule has 1 heterocycles. The molecule has 1 aromatic heterocycles. The van der Waals surface area contributed by atoms with Gasteiger partial charge in [0.25, 0.3) is 0 Å². The van der Waals surface area contributed by atoms with Crippen LogP contribution >= 0.6 is 0 Å². The van der Waals surface area contributed by atoms with Crippen LogP contribution in [0.15, 0.2) is 34.9 Å². The van der Waals surface area contributed by atoms with Crippen molar-refractivity contribution in [1.82, 2.24) is 10.5 Å². The maximum Gasteiger partial charge on any atom is 0.142 e. The standard InChI is InChI=1S/C19H27FN2O/c1-18(2,3)16-11-15(22-23-16)12-21-17(19(4,5)6)13-8-7-9-14(20)10-13/h7-11,17,21H,12H2,1-6H3/t17-/m0/s1. The summed E-state index contributed by atoms with van der Waals surface area (Å²) in [6.07, 6.45) is 0. The van der Waals surface area contributed by atoms with Crippen molar-refractivity contribution >= 4 is 0 Å². The maximum atomic E-state index is 13.6. The number of nitrogens with one attached hydrogen (secondary N) is 1. The minimum absolute atomic E-state index is 0.0213. The van der Waals surface area contributed by atoms with Gasteiger partial charge in [0.1, 0.15) is 11.6 Å². The zero-order valence-electron chi connectivity index (χ0n) is 14.9. The van der Waals surface area contributed by atoms with Crippen LogP contribution in [0.3, 0.4) is 0 Å². The van der Waals surface area contributed by atoms with Crippen molar-refractivity contribution in [3.05, 3.63) is 53.2 Å². The van der Waals surface area contributed by atoms with Gasteiger partial charge in [0.15, 0.2) is 0 Å². The van der Waals surface area contributed by atoms with Crippen LogP contribution in [0.4, 0.5) is 4.39 Å². The monoisotopic (exact) mass is 318 g/mol. The summed E-state index contributed by atoms with van der Waals surface area (Å²) < 4.78 is 19.0. The topological polar surface area (TPSA) is 38.1 Å². The molecule has 0 unspecified atom stereocenters. The Morgan fingerprint density at radius 2 is 1.83 bits per heavy atom. The van der Waals surface area contributed by atoms with Gasteiger partial charge in [0.05, 0.1) is 5.69 Å². The third-order valence-corrected chi connectivity index (χ3v) is 3.83. The molecular formula is C19H27FN2O. The fourth-order valence-corrected chi connectivity index (χ4v) is 2.57. The lowest BCUT2D eigenvalue weighted by atomic mass is 9.82. The minimum Gasteiger partial charge on any atom is -0.361 e. The summed E-state index contributed by atoms with van der Waals surface area (Å²) in [6.45, 7) is 13.3. The number of aromatic nitrogens is 1. The Morgan fingerprint density at radius 3 is 2.35 bits per heavy atom. The van der Waals surface area contributed by atoms with Crippen molar-refractivity contribution in [2.45, 2.75) is 59.5 Å². The molecule has 0 amide bonds. The molecule has 4 heteroatoms. The lowest BCUT2D eigenvalue weighted by Crippen LogP contribution is -2.32. The van der Waals surface area contributed by atoms with Gasteiger partial charge in [0.2, 0.25) is 0 Å². The van der Waals surface area contributed by atoms with Crippen LogP contribution in [0.2, 0.25) is 0 Å². The molecule has 23 heavy (non-hydrogen) atoms. The average molecular weight is 318 g/mol. The maximum absolute atomic E-state index is 13.6. The molecule has 0 saturated carbocycles. The highest BCUT2D eigenvalue weighted by Gasteiger charge is 2.27. The Labute approximate surface area is 138 Å². The van der Waals surface area contributed by atoms with E-state index in [-0.39, 0.29) is 22.7 Å². The predicted molar refractivity (Wildman–Crippen MR) is 90.6 cm³/mol. The molecule has 1 N–H and O–H groups in total. The van der Waals surface area contributed by atoms with Crippen molar-refractivity contribution in [2.24, 2.45) is 5.41 Å². The second kappa shape index (κ2) is 6.44. The summed E-state index contributed by atoms with van der Waals surface area (Å²) in [4.78, 5) is 0. The van der Waals surface area contributed by atoms with E-state index in [1.165, 1.54) is 6.07 Å². The second-order valence-corrected chi connectivity index (χ2v) is 8.17. The molecule has 0 fully saturated rings. The zero-order valence-corrected chi connectivity index (χ0v) is 14.9. The molecule has 0 aliphatic rings. The number of halogens is 1. The molecule has 3 nitrogen and oxygen atoms in total. The largest absolute Gasteiger partial charge is 0.361 e. The fraction of sp³-hybridized carbons (Fsp3) is 0.526. The summed E-state index contributed by atoms with van der Waals surface area (Å²) in [5.41, 5.74) is 1.69. The lowest BCUT2D eigenvalue weighted by molar-refractivity contribution is 0.266. The number of hydrogen-bond acceptors (Lipinski definition) is 3. The van der Waals surface area contributed by atoms with Gasteiger partial charge in [-0.05, 0) is 23.1 Å². The van der Waals surface area contributed by atoms with Gasteiger partial charge in [-0.2, -0.15) is 0 Å². The van der Waals surface area contributed by atoms with E-state index < -0.39 is 0 Å². The van der Waals surface area contributed by atoms with E-state index in [0.717, 1.165) is 17.0 Å². The van der Waals surface area contributed by atoms with Crippen molar-refractivity contribution in [2.75, 3.05) is 0 Å². The van der Waals surface area contributed by atoms with Crippen molar-refractivity contribution < 1.29 is 8.91 Å². The molecule has 0 radical (unpaired) electrons. The fourth-order valence-electron chi connectivity index (χ4n) is 2.57. The highest BCUT2D eigenvalue weighted by Crippen LogP contribution is 2.33. The first-order valence-electron chi connectivity index (χ1n) is 8.02. The Hall–Kier alpha value is -1.68. The normalized spacial score (nSPS) is 14.0. The SMILES string of the molecule is CC(C)(C)c1cc(CN[C@@H](c2cccc(F)c2)C(C)(C)C)no1. The highest BCUT2D eigenvalue weighted by molar-refractivity contribution is 5.22. The molecular weight excluding hydrogens is 291 g/mol. The Balaban J connectivity index is 2.15. The zero-order chi connectivity index (χ0) is 17.3. The molecule has 0 spiro atoms. The van der Waals surface area contributed by atoms with Gasteiger partial charge in [-0.1, -0.05) is 58.8 Å². The van der Waals surface area contributed by atoms with Crippen LogP contribution in [0.5, 0.6) is 0 Å². The van der Waals surface area contributed by atoms with E-state index in [4.69, 9.17) is 4.52 Å². The smallest absolute Gasteiger partial charge is 0.142 e. The van der Waals surface area contributed by atoms with Crippen molar-refractivity contribution in [1.29, 1.82) is 0 Å². The highest BCUT2D eigenvalue weighted by atomic mass is 19.1. The molecule has 1 aromatic carbocycles. The van der Waals surface area contributed by atoms with Crippen LogP contribution in [0.25, 0.3) is 0 Å². The van der Waals surface area contributed by atoms with E-state index in [9.17, 15) is 4.39 Å². The number of hydrogen-bond donors (Lipinski definition) is 1. The molecule has 0 saturated heterocycles. The summed E-state index contributed by atoms with van der Waals surface area (Å²) in [7, 11) is 0. The van der Waals surface area contributed by atoms with Crippen LogP contribution in [-0.2, 0) is 12.0 Å². The van der Waals surface area contributed by atoms with Gasteiger partial charge in [-0.15, -0.1) is 0 Å². The summed E-state index contributed by atoms with van der Waals surface area (Å²) in [5.74, 6) is 0.655. The molecule has 0 aliphatic carbocycles. The quantitative estimate of drug-likeness (QED) is 0.863. The van der Waals surface area contributed by atoms with E-state index in [1.807, 2.05) is 12.1 Å². The van der Waals surface area contributed by atoms with Gasteiger partial charge in [-0.25, -0.2) is 4.39 Å². The van der Waals surface area contributed by atoms with E-state index in [2.05, 4.69) is 52.0 Å². The molecule has 0 aliphatic heterocycles. The van der Waals surface area contributed by atoms with E-state index in [1.54, 1.807) is 12.1 Å². The first-order chi connectivity index (χ1) is 10.6. The van der Waals surface area contributed by atoms with Crippen LogP contribution in [0, 0.1) is 11.2 Å². The van der Waals surface area contributed by atoms with E-state index >= 15 is 0 Å². The Kier molecular flexibility index (Phi) is 4.95. The lowest BCUT2D eigenvalue weighted by Gasteiger charge is -2.32. The summed E-state index contributed by atoms with van der Waals surface area (Å²) in [6, 6.07) is 8.77. The van der Waals surface area contributed by atoms with Gasteiger partial charge in [-0.3, -0.25) is 0 Å². The average Bonchev–Trinajstić information content (AvgIpc) is 2.86. The first-order valence-corrected chi connectivity index (χ1v) is 8.02. The third kappa shape index (κ3) is 4.64. The Bertz CT molecular complexity index is 650.